The maximum absolute atomic E-state index is 2.37. The van der Waals surface area contributed by atoms with Gasteiger partial charge in [0.2, 0.25) is 0 Å². The van der Waals surface area contributed by atoms with E-state index in [1.54, 1.807) is 0 Å². The molecule has 2 heteroatoms. The molecule has 0 aliphatic heterocycles. The summed E-state index contributed by atoms with van der Waals surface area (Å²) in [5.41, 5.74) is 0. The highest BCUT2D eigenvalue weighted by atomic mass is 15.4. The summed E-state index contributed by atoms with van der Waals surface area (Å²) in [6, 6.07) is 0. The van der Waals surface area contributed by atoms with Crippen molar-refractivity contribution >= 4 is 0 Å². The smallest absolute Gasteiger partial charge is 0.0786 e. The van der Waals surface area contributed by atoms with Crippen LogP contribution in [0.15, 0.2) is 0 Å². The minimum absolute atomic E-state index is 1.35. The van der Waals surface area contributed by atoms with Gasteiger partial charge in [-0.1, -0.05) is 92.9 Å². The van der Waals surface area contributed by atoms with Crippen LogP contribution in [0.25, 0.3) is 0 Å². The first-order valence-electron chi connectivity index (χ1n) is 16.3. The summed E-state index contributed by atoms with van der Waals surface area (Å²) in [4.78, 5) is 0. The van der Waals surface area contributed by atoms with Gasteiger partial charge in [-0.25, -0.2) is 0 Å². The summed E-state index contributed by atoms with van der Waals surface area (Å²) < 4.78 is 2.86. The Hall–Kier alpha value is -0.0800. The van der Waals surface area contributed by atoms with Gasteiger partial charge in [-0.05, 0) is 64.2 Å². The monoisotopic (exact) mass is 483 g/mol. The first-order chi connectivity index (χ1) is 16.6. The van der Waals surface area contributed by atoms with Crippen LogP contribution in [-0.2, 0) is 0 Å². The Balaban J connectivity index is 4.49. The van der Waals surface area contributed by atoms with Gasteiger partial charge in [0.05, 0.1) is 52.4 Å². The maximum atomic E-state index is 2.37. The topological polar surface area (TPSA) is 0 Å². The van der Waals surface area contributed by atoms with Crippen LogP contribution in [0.5, 0.6) is 0 Å². The quantitative estimate of drug-likeness (QED) is 0.0807. The van der Waals surface area contributed by atoms with Gasteiger partial charge < -0.3 is 8.97 Å². The SMILES string of the molecule is CCCC[N+](CCCC)(CCCC)CCCCCCCC[N+](CCCC)(CCCC)CCCC. The fourth-order valence-corrected chi connectivity index (χ4v) is 5.90. The number of hydrogen-bond donors (Lipinski definition) is 0. The Labute approximate surface area is 218 Å². The lowest BCUT2D eigenvalue weighted by Crippen LogP contribution is -2.50. The lowest BCUT2D eigenvalue weighted by molar-refractivity contribution is -0.929. The van der Waals surface area contributed by atoms with Crippen LogP contribution in [0.4, 0.5) is 0 Å². The Morgan fingerprint density at radius 1 is 0.235 bits per heavy atom. The molecule has 0 amide bonds. The van der Waals surface area contributed by atoms with E-state index >= 15 is 0 Å². The number of quaternary nitrogens is 2. The summed E-state index contributed by atoms with van der Waals surface area (Å²) in [5.74, 6) is 0. The third-order valence-corrected chi connectivity index (χ3v) is 8.43. The molecule has 0 N–H and O–H groups in total. The fourth-order valence-electron chi connectivity index (χ4n) is 5.90. The van der Waals surface area contributed by atoms with Crippen molar-refractivity contribution in [2.24, 2.45) is 0 Å². The molecule has 0 atom stereocenters. The molecule has 0 rings (SSSR count). The van der Waals surface area contributed by atoms with Crippen LogP contribution in [-0.4, -0.2) is 61.3 Å². The van der Waals surface area contributed by atoms with Crippen molar-refractivity contribution < 1.29 is 8.97 Å². The Bertz CT molecular complexity index is 324. The molecule has 0 radical (unpaired) electrons. The molecule has 0 aromatic heterocycles. The zero-order valence-corrected chi connectivity index (χ0v) is 25.3. The zero-order valence-electron chi connectivity index (χ0n) is 25.3. The molecule has 2 nitrogen and oxygen atoms in total. The van der Waals surface area contributed by atoms with E-state index in [4.69, 9.17) is 0 Å². The highest BCUT2D eigenvalue weighted by Gasteiger charge is 2.26. The lowest BCUT2D eigenvalue weighted by atomic mass is 10.1. The molecular formula is C32H70N2+2. The van der Waals surface area contributed by atoms with Crippen molar-refractivity contribution in [3.8, 4) is 0 Å². The van der Waals surface area contributed by atoms with Crippen LogP contribution in [0.1, 0.15) is 157 Å². The molecule has 0 aromatic carbocycles. The summed E-state index contributed by atoms with van der Waals surface area (Å²) in [7, 11) is 0. The van der Waals surface area contributed by atoms with Gasteiger partial charge in [0, 0.05) is 0 Å². The van der Waals surface area contributed by atoms with Gasteiger partial charge in [0.1, 0.15) is 0 Å². The third kappa shape index (κ3) is 16.6. The molecule has 0 aromatic rings. The first kappa shape index (κ1) is 33.9. The van der Waals surface area contributed by atoms with E-state index in [1.165, 1.54) is 177 Å². The van der Waals surface area contributed by atoms with Gasteiger partial charge in [0.25, 0.3) is 0 Å². The molecule has 0 unspecified atom stereocenters. The lowest BCUT2D eigenvalue weighted by Gasteiger charge is -2.39. The second kappa shape index (κ2) is 23.3. The van der Waals surface area contributed by atoms with E-state index in [1.807, 2.05) is 0 Å². The van der Waals surface area contributed by atoms with E-state index in [-0.39, 0.29) is 0 Å². The second-order valence-electron chi connectivity index (χ2n) is 11.7. The van der Waals surface area contributed by atoms with Crippen LogP contribution in [0.3, 0.4) is 0 Å². The minimum Gasteiger partial charge on any atom is -0.324 e. The summed E-state index contributed by atoms with van der Waals surface area (Å²) in [6.45, 7) is 25.7. The van der Waals surface area contributed by atoms with Crippen molar-refractivity contribution in [2.45, 2.75) is 157 Å². The van der Waals surface area contributed by atoms with Crippen LogP contribution < -0.4 is 0 Å². The van der Waals surface area contributed by atoms with Crippen molar-refractivity contribution in [1.29, 1.82) is 0 Å². The molecule has 0 aliphatic carbocycles. The predicted octanol–water partition coefficient (Wildman–Crippen LogP) is 9.76. The van der Waals surface area contributed by atoms with E-state index < -0.39 is 0 Å². The van der Waals surface area contributed by atoms with E-state index in [2.05, 4.69) is 41.5 Å². The van der Waals surface area contributed by atoms with E-state index in [0.717, 1.165) is 0 Å². The van der Waals surface area contributed by atoms with Gasteiger partial charge in [-0.2, -0.15) is 0 Å². The molecule has 0 saturated carbocycles. The first-order valence-corrected chi connectivity index (χ1v) is 16.3. The van der Waals surface area contributed by atoms with Crippen molar-refractivity contribution in [2.75, 3.05) is 52.4 Å². The van der Waals surface area contributed by atoms with Gasteiger partial charge in [-0.15, -0.1) is 0 Å². The Morgan fingerprint density at radius 2 is 0.412 bits per heavy atom. The number of rotatable bonds is 27. The zero-order chi connectivity index (χ0) is 25.4. The standard InChI is InChI=1S/C32H70N2/c1-7-13-25-33(26-14-8-2,27-15-9-3)31-23-21-19-20-22-24-32-34(28-16-10-4,29-17-11-5)30-18-12-6/h7-32H2,1-6H3/q+2. The van der Waals surface area contributed by atoms with Crippen molar-refractivity contribution in [1.82, 2.24) is 0 Å². The van der Waals surface area contributed by atoms with Crippen molar-refractivity contribution in [3.63, 3.8) is 0 Å². The Morgan fingerprint density at radius 3 is 0.618 bits per heavy atom. The average molecular weight is 483 g/mol. The van der Waals surface area contributed by atoms with Gasteiger partial charge >= 0.3 is 0 Å². The summed E-state index contributed by atoms with van der Waals surface area (Å²) in [5, 5.41) is 0. The molecule has 0 saturated heterocycles. The molecule has 0 aliphatic rings. The third-order valence-electron chi connectivity index (χ3n) is 8.43. The highest BCUT2D eigenvalue weighted by Crippen LogP contribution is 2.20. The van der Waals surface area contributed by atoms with E-state index in [0.29, 0.717) is 0 Å². The normalized spacial score (nSPS) is 12.5. The maximum Gasteiger partial charge on any atom is 0.0786 e. The molecule has 0 fully saturated rings. The molecule has 0 bridgehead atoms. The summed E-state index contributed by atoms with van der Waals surface area (Å²) in [6.07, 6.45) is 25.4. The minimum atomic E-state index is 1.35. The largest absolute Gasteiger partial charge is 0.324 e. The molecule has 0 spiro atoms. The molecule has 34 heavy (non-hydrogen) atoms. The highest BCUT2D eigenvalue weighted by molar-refractivity contribution is 4.54. The van der Waals surface area contributed by atoms with Crippen molar-refractivity contribution in [3.05, 3.63) is 0 Å². The molecular weight excluding hydrogens is 412 g/mol. The second-order valence-corrected chi connectivity index (χ2v) is 11.7. The average Bonchev–Trinajstić information content (AvgIpc) is 2.86. The molecule has 206 valence electrons. The van der Waals surface area contributed by atoms with Crippen LogP contribution >= 0.6 is 0 Å². The van der Waals surface area contributed by atoms with Crippen LogP contribution in [0, 0.1) is 0 Å². The molecule has 0 heterocycles. The van der Waals surface area contributed by atoms with Gasteiger partial charge in [0.15, 0.2) is 0 Å². The number of hydrogen-bond acceptors (Lipinski definition) is 0. The van der Waals surface area contributed by atoms with Gasteiger partial charge in [-0.3, -0.25) is 0 Å². The number of unbranched alkanes of at least 4 members (excludes halogenated alkanes) is 11. The van der Waals surface area contributed by atoms with E-state index in [9.17, 15) is 0 Å². The number of nitrogens with zero attached hydrogens (tertiary/aromatic N) is 2. The fraction of sp³-hybridized carbons (Fsp3) is 1.00. The van der Waals surface area contributed by atoms with Crippen LogP contribution in [0.2, 0.25) is 0 Å². The summed E-state index contributed by atoms with van der Waals surface area (Å²) >= 11 is 0. The predicted molar refractivity (Wildman–Crippen MR) is 157 cm³/mol. The Kier molecular flexibility index (Phi) is 23.3.